The number of allylic oxidation sites excluding steroid dienone is 1. The van der Waals surface area contributed by atoms with Gasteiger partial charge >= 0.3 is 0 Å². The molecule has 0 aliphatic carbocycles. The second-order valence-corrected chi connectivity index (χ2v) is 1.48. The van der Waals surface area contributed by atoms with Crippen LogP contribution in [0, 0.1) is 11.3 Å². The van der Waals surface area contributed by atoms with E-state index in [2.05, 4.69) is 4.98 Å². The molecule has 0 atom stereocenters. The Kier molecular flexibility index (Phi) is 6.69. The van der Waals surface area contributed by atoms with Crippen LogP contribution in [0.1, 0.15) is 0 Å². The van der Waals surface area contributed by atoms with Gasteiger partial charge in [0.2, 0.25) is 0 Å². The summed E-state index contributed by atoms with van der Waals surface area (Å²) in [5.74, 6) is 1.53. The van der Waals surface area contributed by atoms with E-state index in [0.29, 0.717) is 0 Å². The Labute approximate surface area is 65.1 Å². The van der Waals surface area contributed by atoms with Gasteiger partial charge in [-0.15, -0.1) is 0 Å². The maximum atomic E-state index is 7.54. The van der Waals surface area contributed by atoms with Crippen molar-refractivity contribution in [3.05, 3.63) is 42.1 Å². The lowest BCUT2D eigenvalue weighted by molar-refractivity contribution is -0.377. The third-order valence-electron chi connectivity index (χ3n) is 0.736. The number of nitrogens with zero attached hydrogens (tertiary/aromatic N) is 2. The van der Waals surface area contributed by atoms with E-state index < -0.39 is 0 Å². The Morgan fingerprint density at radius 3 is 2.00 bits per heavy atom. The predicted octanol–water partition coefficient (Wildman–Crippen LogP) is 0.806. The molecule has 0 radical (unpaired) electrons. The number of aromatic amines is 1. The van der Waals surface area contributed by atoms with Gasteiger partial charge in [-0.2, -0.15) is 5.26 Å². The average molecular weight is 145 g/mol. The highest BCUT2D eigenvalue weighted by Gasteiger charge is 1.65. The van der Waals surface area contributed by atoms with Gasteiger partial charge in [-0.05, 0) is 0 Å². The van der Waals surface area contributed by atoms with Gasteiger partial charge in [0, 0.05) is 18.2 Å². The molecule has 0 spiro atoms. The summed E-state index contributed by atoms with van der Waals surface area (Å²) in [4.78, 5) is 2.89. The molecule has 0 fully saturated rings. The van der Waals surface area contributed by atoms with Gasteiger partial charge in [-0.1, -0.05) is 6.07 Å². The summed E-state index contributed by atoms with van der Waals surface area (Å²) in [5.41, 5.74) is 0. The zero-order valence-corrected chi connectivity index (χ0v) is 5.86. The van der Waals surface area contributed by atoms with Crippen molar-refractivity contribution in [3.63, 3.8) is 0 Å². The SMILES string of the molecule is N#CC=C=[N-].c1cc[nH+]cc1. The summed E-state index contributed by atoms with van der Waals surface area (Å²) in [6.45, 7) is 0. The van der Waals surface area contributed by atoms with Crippen molar-refractivity contribution < 1.29 is 4.98 Å². The molecular weight excluding hydrogens is 138 g/mol. The number of rotatable bonds is 0. The van der Waals surface area contributed by atoms with E-state index in [1.165, 1.54) is 11.9 Å². The van der Waals surface area contributed by atoms with E-state index in [9.17, 15) is 0 Å². The predicted molar refractivity (Wildman–Crippen MR) is 41.5 cm³/mol. The standard InChI is InChI=1S/C5H5N.C3HN2/c1-2-4-6-5-3-1;4-2-1-3-5/h1-5H;1H/q;-1/p+1. The van der Waals surface area contributed by atoms with E-state index in [1.54, 1.807) is 0 Å². The van der Waals surface area contributed by atoms with Crippen LogP contribution in [0.15, 0.2) is 36.7 Å². The summed E-state index contributed by atoms with van der Waals surface area (Å²) in [6.07, 6.45) is 4.61. The van der Waals surface area contributed by atoms with Crippen LogP contribution in [0.25, 0.3) is 5.41 Å². The molecule has 0 aliphatic rings. The molecule has 1 N–H and O–H groups in total. The molecule has 0 aliphatic heterocycles. The molecule has 0 aromatic carbocycles. The number of hydrogen-bond acceptors (Lipinski definition) is 1. The van der Waals surface area contributed by atoms with Crippen LogP contribution >= 0.6 is 0 Å². The molecule has 11 heavy (non-hydrogen) atoms. The van der Waals surface area contributed by atoms with E-state index in [4.69, 9.17) is 10.7 Å². The summed E-state index contributed by atoms with van der Waals surface area (Å²) < 4.78 is 0. The summed E-state index contributed by atoms with van der Waals surface area (Å²) >= 11 is 0. The molecule has 0 bridgehead atoms. The van der Waals surface area contributed by atoms with Gasteiger partial charge in [0.05, 0.1) is 6.07 Å². The van der Waals surface area contributed by atoms with Crippen molar-refractivity contribution in [1.29, 1.82) is 5.26 Å². The first kappa shape index (κ1) is 9.09. The molecule has 1 aromatic rings. The molecule has 0 amide bonds. The Morgan fingerprint density at radius 1 is 1.27 bits per heavy atom. The molecule has 1 rings (SSSR count). The van der Waals surface area contributed by atoms with Crippen LogP contribution in [-0.2, 0) is 0 Å². The number of H-pyrrole nitrogens is 1. The minimum absolute atomic E-state index is 0.861. The largest absolute Gasteiger partial charge is 0.763 e. The van der Waals surface area contributed by atoms with Crippen molar-refractivity contribution in [2.75, 3.05) is 0 Å². The van der Waals surface area contributed by atoms with Gasteiger partial charge in [0.15, 0.2) is 12.4 Å². The number of nitriles is 1. The van der Waals surface area contributed by atoms with Crippen LogP contribution in [-0.4, -0.2) is 5.87 Å². The van der Waals surface area contributed by atoms with Gasteiger partial charge in [-0.25, -0.2) is 4.98 Å². The lowest BCUT2D eigenvalue weighted by Gasteiger charge is -1.63. The number of hydrogen-bond donors (Lipinski definition) is 0. The van der Waals surface area contributed by atoms with Crippen molar-refractivity contribution in [3.8, 4) is 6.07 Å². The first-order valence-corrected chi connectivity index (χ1v) is 2.94. The Bertz CT molecular complexity index is 228. The van der Waals surface area contributed by atoms with Crippen molar-refractivity contribution in [1.82, 2.24) is 0 Å². The summed E-state index contributed by atoms with van der Waals surface area (Å²) in [6, 6.07) is 7.39. The number of aromatic nitrogens is 1. The second kappa shape index (κ2) is 8.09. The monoisotopic (exact) mass is 145 g/mol. The van der Waals surface area contributed by atoms with Crippen LogP contribution in [0.2, 0.25) is 0 Å². The maximum absolute atomic E-state index is 7.54. The van der Waals surface area contributed by atoms with Gasteiger partial charge in [0.1, 0.15) is 0 Å². The molecule has 1 heterocycles. The van der Waals surface area contributed by atoms with Gasteiger partial charge in [0.25, 0.3) is 0 Å². The Balaban J connectivity index is 0.000000187. The summed E-state index contributed by atoms with van der Waals surface area (Å²) in [5, 5.41) is 15.1. The molecule has 3 nitrogen and oxygen atoms in total. The second-order valence-electron chi connectivity index (χ2n) is 1.48. The smallest absolute Gasteiger partial charge is 0.166 e. The lowest BCUT2D eigenvalue weighted by Crippen LogP contribution is -1.93. The van der Waals surface area contributed by atoms with Gasteiger partial charge in [-0.3, -0.25) is 5.87 Å². The third-order valence-corrected chi connectivity index (χ3v) is 0.736. The number of nitrogens with one attached hydrogen (secondary N) is 1. The highest BCUT2D eigenvalue weighted by Crippen LogP contribution is 1.68. The van der Waals surface area contributed by atoms with Crippen LogP contribution in [0.3, 0.4) is 0 Å². The summed E-state index contributed by atoms with van der Waals surface area (Å²) in [7, 11) is 0. The highest BCUT2D eigenvalue weighted by molar-refractivity contribution is 5.58. The van der Waals surface area contributed by atoms with E-state index in [-0.39, 0.29) is 0 Å². The van der Waals surface area contributed by atoms with Crippen LogP contribution < -0.4 is 4.98 Å². The van der Waals surface area contributed by atoms with Crippen LogP contribution in [0.4, 0.5) is 0 Å². The topological polar surface area (TPSA) is 60.2 Å². The first-order valence-electron chi connectivity index (χ1n) is 2.94. The van der Waals surface area contributed by atoms with Gasteiger partial charge < -0.3 is 5.41 Å². The molecule has 1 aromatic heterocycles. The first-order chi connectivity index (χ1) is 5.41. The molecule has 3 heteroatoms. The van der Waals surface area contributed by atoms with Crippen molar-refractivity contribution in [2.45, 2.75) is 0 Å². The van der Waals surface area contributed by atoms with Crippen LogP contribution in [0.5, 0.6) is 0 Å². The molecule has 0 saturated heterocycles. The fraction of sp³-hybridized carbons (Fsp3) is 0. The molecule has 54 valence electrons. The Morgan fingerprint density at radius 2 is 1.91 bits per heavy atom. The molecule has 0 saturated carbocycles. The number of pyridine rings is 1. The zero-order chi connectivity index (χ0) is 8.36. The molecular formula is C8H7N3. The molecule has 0 unspecified atom stereocenters. The quantitative estimate of drug-likeness (QED) is 0.393. The van der Waals surface area contributed by atoms with E-state index >= 15 is 0 Å². The highest BCUT2D eigenvalue weighted by atomic mass is 14.6. The van der Waals surface area contributed by atoms with Crippen molar-refractivity contribution in [2.24, 2.45) is 0 Å². The average Bonchev–Trinajstić information content (AvgIpc) is 2.10. The fourth-order valence-corrected chi connectivity index (χ4v) is 0.371. The fourth-order valence-electron chi connectivity index (χ4n) is 0.371. The third kappa shape index (κ3) is 8.09. The maximum Gasteiger partial charge on any atom is 0.166 e. The van der Waals surface area contributed by atoms with E-state index in [1.807, 2.05) is 30.6 Å². The minimum atomic E-state index is 0.861. The minimum Gasteiger partial charge on any atom is -0.763 e. The normalized spacial score (nSPS) is 6.09. The lowest BCUT2D eigenvalue weighted by atomic mass is 10.5. The Hall–Kier alpha value is -1.91. The van der Waals surface area contributed by atoms with E-state index in [0.717, 1.165) is 6.08 Å². The van der Waals surface area contributed by atoms with Crippen molar-refractivity contribution >= 4 is 5.87 Å². The zero-order valence-electron chi connectivity index (χ0n) is 5.86.